The summed E-state index contributed by atoms with van der Waals surface area (Å²) in [5.74, 6) is -1.12. The van der Waals surface area contributed by atoms with Crippen molar-refractivity contribution in [3.05, 3.63) is 59.4 Å². The summed E-state index contributed by atoms with van der Waals surface area (Å²) < 4.78 is 19.3. The summed E-state index contributed by atoms with van der Waals surface area (Å²) in [6.07, 6.45) is -0.505. The van der Waals surface area contributed by atoms with Gasteiger partial charge in [-0.1, -0.05) is 12.1 Å². The molecule has 0 heterocycles. The zero-order valence-corrected chi connectivity index (χ0v) is 15.3. The molecule has 0 saturated carbocycles. The molecule has 0 bridgehead atoms. The molecule has 0 spiro atoms. The van der Waals surface area contributed by atoms with Gasteiger partial charge in [-0.25, -0.2) is 9.18 Å². The highest BCUT2D eigenvalue weighted by Gasteiger charge is 2.17. The standard InChI is InChI=1S/C20H20FN3O3/c1-20(2,3)27-19(26)24-17-9-8-15(12-16(17)21)23-18(25)14-6-4-13(5-7-14)10-11-22/h4-9,12H,10H2,1-3H3,(H,23,25)(H,24,26). The third-order valence-electron chi connectivity index (χ3n) is 3.36. The predicted molar refractivity (Wildman–Crippen MR) is 100.0 cm³/mol. The van der Waals surface area contributed by atoms with Crippen molar-refractivity contribution in [3.8, 4) is 6.07 Å². The SMILES string of the molecule is CC(C)(C)OC(=O)Nc1ccc(NC(=O)c2ccc(CC#N)cc2)cc1F. The van der Waals surface area contributed by atoms with Crippen molar-refractivity contribution in [2.75, 3.05) is 10.6 Å². The quantitative estimate of drug-likeness (QED) is 0.830. The molecule has 0 atom stereocenters. The molecule has 0 radical (unpaired) electrons. The Labute approximate surface area is 157 Å². The van der Waals surface area contributed by atoms with E-state index in [2.05, 4.69) is 10.6 Å². The van der Waals surface area contributed by atoms with Crippen LogP contribution in [0.4, 0.5) is 20.6 Å². The molecule has 0 saturated heterocycles. The number of rotatable bonds is 4. The first-order valence-corrected chi connectivity index (χ1v) is 8.25. The number of carbonyl (C=O) groups excluding carboxylic acids is 2. The third kappa shape index (κ3) is 6.12. The van der Waals surface area contributed by atoms with Gasteiger partial charge in [0, 0.05) is 11.3 Å². The maximum absolute atomic E-state index is 14.2. The average molecular weight is 369 g/mol. The molecule has 0 aliphatic carbocycles. The molecular formula is C20H20FN3O3. The molecule has 0 aliphatic rings. The largest absolute Gasteiger partial charge is 0.444 e. The number of nitrogens with one attached hydrogen (secondary N) is 2. The lowest BCUT2D eigenvalue weighted by Gasteiger charge is -2.19. The van der Waals surface area contributed by atoms with Gasteiger partial charge in [-0.15, -0.1) is 0 Å². The van der Waals surface area contributed by atoms with Crippen LogP contribution in [0.25, 0.3) is 0 Å². The minimum absolute atomic E-state index is 0.0527. The molecule has 0 unspecified atom stereocenters. The van der Waals surface area contributed by atoms with Crippen molar-refractivity contribution < 1.29 is 18.7 Å². The number of ether oxygens (including phenoxy) is 1. The molecule has 2 aromatic rings. The maximum Gasteiger partial charge on any atom is 0.412 e. The zero-order valence-electron chi connectivity index (χ0n) is 15.3. The minimum Gasteiger partial charge on any atom is -0.444 e. The fraction of sp³-hybridized carbons (Fsp3) is 0.250. The van der Waals surface area contributed by atoms with Gasteiger partial charge >= 0.3 is 6.09 Å². The smallest absolute Gasteiger partial charge is 0.412 e. The Morgan fingerprint density at radius 2 is 1.78 bits per heavy atom. The van der Waals surface area contributed by atoms with Crippen LogP contribution in [0.1, 0.15) is 36.7 Å². The van der Waals surface area contributed by atoms with Crippen molar-refractivity contribution in [2.24, 2.45) is 0 Å². The first-order valence-electron chi connectivity index (χ1n) is 8.25. The number of nitrogens with zero attached hydrogens (tertiary/aromatic N) is 1. The fourth-order valence-electron chi connectivity index (χ4n) is 2.18. The summed E-state index contributed by atoms with van der Waals surface area (Å²) in [6.45, 7) is 5.11. The van der Waals surface area contributed by atoms with E-state index in [-0.39, 0.29) is 17.8 Å². The average Bonchev–Trinajstić information content (AvgIpc) is 2.56. The van der Waals surface area contributed by atoms with Crippen molar-refractivity contribution >= 4 is 23.4 Å². The van der Waals surface area contributed by atoms with E-state index in [1.807, 2.05) is 6.07 Å². The maximum atomic E-state index is 14.2. The fourth-order valence-corrected chi connectivity index (χ4v) is 2.18. The van der Waals surface area contributed by atoms with Crippen LogP contribution in [0.2, 0.25) is 0 Å². The van der Waals surface area contributed by atoms with Crippen LogP contribution in [-0.4, -0.2) is 17.6 Å². The zero-order chi connectivity index (χ0) is 20.0. The topological polar surface area (TPSA) is 91.2 Å². The Kier molecular flexibility index (Phi) is 6.14. The molecule has 140 valence electrons. The lowest BCUT2D eigenvalue weighted by molar-refractivity contribution is 0.0635. The number of amides is 2. The summed E-state index contributed by atoms with van der Waals surface area (Å²) in [7, 11) is 0. The van der Waals surface area contributed by atoms with E-state index in [0.717, 1.165) is 11.6 Å². The van der Waals surface area contributed by atoms with Crippen LogP contribution >= 0.6 is 0 Å². The van der Waals surface area contributed by atoms with Gasteiger partial charge in [-0.3, -0.25) is 10.1 Å². The van der Waals surface area contributed by atoms with E-state index < -0.39 is 23.4 Å². The van der Waals surface area contributed by atoms with Gasteiger partial charge < -0.3 is 10.1 Å². The van der Waals surface area contributed by atoms with Crippen molar-refractivity contribution in [3.63, 3.8) is 0 Å². The number of halogens is 1. The van der Waals surface area contributed by atoms with Crippen LogP contribution in [0.5, 0.6) is 0 Å². The van der Waals surface area contributed by atoms with Crippen molar-refractivity contribution in [2.45, 2.75) is 32.8 Å². The van der Waals surface area contributed by atoms with E-state index in [0.29, 0.717) is 5.56 Å². The predicted octanol–water partition coefficient (Wildman–Crippen LogP) is 4.49. The summed E-state index contributed by atoms with van der Waals surface area (Å²) in [6, 6.07) is 12.5. The second kappa shape index (κ2) is 8.32. The van der Waals surface area contributed by atoms with E-state index in [1.165, 1.54) is 12.1 Å². The Morgan fingerprint density at radius 3 is 2.33 bits per heavy atom. The Morgan fingerprint density at radius 1 is 1.11 bits per heavy atom. The highest BCUT2D eigenvalue weighted by Crippen LogP contribution is 2.21. The summed E-state index contributed by atoms with van der Waals surface area (Å²) in [4.78, 5) is 23.9. The number of nitriles is 1. The molecular weight excluding hydrogens is 349 g/mol. The van der Waals surface area contributed by atoms with Gasteiger partial charge in [0.15, 0.2) is 0 Å². The van der Waals surface area contributed by atoms with Crippen molar-refractivity contribution in [1.82, 2.24) is 0 Å². The number of benzene rings is 2. The Bertz CT molecular complexity index is 881. The second-order valence-corrected chi connectivity index (χ2v) is 6.81. The van der Waals surface area contributed by atoms with Gasteiger partial charge in [0.1, 0.15) is 11.4 Å². The normalized spacial score (nSPS) is 10.6. The van der Waals surface area contributed by atoms with Gasteiger partial charge in [0.2, 0.25) is 0 Å². The third-order valence-corrected chi connectivity index (χ3v) is 3.36. The summed E-state index contributed by atoms with van der Waals surface area (Å²) in [5, 5.41) is 13.6. The van der Waals surface area contributed by atoms with Gasteiger partial charge in [-0.05, 0) is 56.7 Å². The minimum atomic E-state index is -0.768. The van der Waals surface area contributed by atoms with Crippen molar-refractivity contribution in [1.29, 1.82) is 5.26 Å². The Balaban J connectivity index is 2.03. The lowest BCUT2D eigenvalue weighted by atomic mass is 10.1. The number of anilines is 2. The molecule has 6 nitrogen and oxygen atoms in total. The van der Waals surface area contributed by atoms with Gasteiger partial charge in [0.25, 0.3) is 5.91 Å². The first kappa shape index (κ1) is 19.9. The number of hydrogen-bond acceptors (Lipinski definition) is 4. The van der Waals surface area contributed by atoms with Crippen LogP contribution in [0.15, 0.2) is 42.5 Å². The van der Waals surface area contributed by atoms with Gasteiger partial charge in [0.05, 0.1) is 18.2 Å². The highest BCUT2D eigenvalue weighted by atomic mass is 19.1. The van der Waals surface area contributed by atoms with E-state index in [4.69, 9.17) is 10.00 Å². The van der Waals surface area contributed by atoms with Crippen LogP contribution in [-0.2, 0) is 11.2 Å². The van der Waals surface area contributed by atoms with Crippen LogP contribution < -0.4 is 10.6 Å². The molecule has 0 fully saturated rings. The van der Waals surface area contributed by atoms with Gasteiger partial charge in [-0.2, -0.15) is 5.26 Å². The monoisotopic (exact) mass is 369 g/mol. The first-order chi connectivity index (χ1) is 12.7. The van der Waals surface area contributed by atoms with E-state index >= 15 is 0 Å². The molecule has 2 rings (SSSR count). The van der Waals surface area contributed by atoms with Crippen LogP contribution in [0.3, 0.4) is 0 Å². The molecule has 27 heavy (non-hydrogen) atoms. The molecule has 2 aromatic carbocycles. The highest BCUT2D eigenvalue weighted by molar-refractivity contribution is 6.04. The molecule has 0 aromatic heterocycles. The summed E-state index contributed by atoms with van der Waals surface area (Å²) in [5.41, 5.74) is 0.680. The molecule has 2 N–H and O–H groups in total. The number of hydrogen-bond donors (Lipinski definition) is 2. The van der Waals surface area contributed by atoms with E-state index in [9.17, 15) is 14.0 Å². The Hall–Kier alpha value is -3.40. The number of carbonyl (C=O) groups is 2. The molecule has 0 aliphatic heterocycles. The lowest BCUT2D eigenvalue weighted by Crippen LogP contribution is -2.27. The van der Waals surface area contributed by atoms with E-state index in [1.54, 1.807) is 45.0 Å². The summed E-state index contributed by atoms with van der Waals surface area (Å²) >= 11 is 0. The second-order valence-electron chi connectivity index (χ2n) is 6.81. The van der Waals surface area contributed by atoms with Crippen LogP contribution in [0, 0.1) is 17.1 Å². The molecule has 7 heteroatoms. The molecule has 2 amide bonds.